The van der Waals surface area contributed by atoms with Crippen molar-refractivity contribution < 1.29 is 32.7 Å². The SMILES string of the molecule is CCCCCCCCCCCCCCC(C)COCC(COP(=O)(O)CC[N+](C)(C)C)OC(=O)CC. The molecule has 0 fully saturated rings. The zero-order chi connectivity index (χ0) is 27.3. The van der Waals surface area contributed by atoms with Crippen molar-refractivity contribution in [2.75, 3.05) is 53.7 Å². The summed E-state index contributed by atoms with van der Waals surface area (Å²) in [7, 11) is 2.12. The molecule has 216 valence electrons. The molecule has 3 atom stereocenters. The summed E-state index contributed by atoms with van der Waals surface area (Å²) in [5.74, 6) is 0.0564. The number of rotatable bonds is 25. The Hall–Kier alpha value is -0.460. The minimum atomic E-state index is -3.75. The molecule has 0 aliphatic rings. The van der Waals surface area contributed by atoms with Gasteiger partial charge in [0.05, 0.1) is 47.1 Å². The van der Waals surface area contributed by atoms with Gasteiger partial charge in [0, 0.05) is 13.0 Å². The molecule has 0 spiro atoms. The molecule has 3 unspecified atom stereocenters. The lowest BCUT2D eigenvalue weighted by Crippen LogP contribution is -2.37. The lowest BCUT2D eigenvalue weighted by Gasteiger charge is -2.25. The van der Waals surface area contributed by atoms with Crippen molar-refractivity contribution in [1.82, 2.24) is 0 Å². The molecule has 0 radical (unpaired) electrons. The minimum absolute atomic E-state index is 0.0574. The molecular weight excluding hydrogens is 477 g/mol. The van der Waals surface area contributed by atoms with Gasteiger partial charge in [-0.05, 0) is 12.3 Å². The number of esters is 1. The van der Waals surface area contributed by atoms with Crippen LogP contribution in [0.4, 0.5) is 0 Å². The summed E-state index contributed by atoms with van der Waals surface area (Å²) in [6.07, 6.45) is 16.9. The van der Waals surface area contributed by atoms with Crippen LogP contribution in [0.2, 0.25) is 0 Å². The summed E-state index contributed by atoms with van der Waals surface area (Å²) in [6.45, 7) is 7.29. The third kappa shape index (κ3) is 23.9. The quantitative estimate of drug-likeness (QED) is 0.0588. The van der Waals surface area contributed by atoms with Gasteiger partial charge in [0.2, 0.25) is 0 Å². The van der Waals surface area contributed by atoms with Gasteiger partial charge in [-0.3, -0.25) is 9.36 Å². The van der Waals surface area contributed by atoms with Crippen molar-refractivity contribution in [1.29, 1.82) is 0 Å². The van der Waals surface area contributed by atoms with E-state index in [9.17, 15) is 14.3 Å². The van der Waals surface area contributed by atoms with Crippen LogP contribution in [0.15, 0.2) is 0 Å². The highest BCUT2D eigenvalue weighted by Gasteiger charge is 2.26. The van der Waals surface area contributed by atoms with Crippen molar-refractivity contribution in [3.63, 3.8) is 0 Å². The first-order valence-corrected chi connectivity index (χ1v) is 16.3. The normalized spacial score (nSPS) is 15.4. The maximum atomic E-state index is 12.3. The smallest absolute Gasteiger partial charge is 0.333 e. The van der Waals surface area contributed by atoms with E-state index in [-0.39, 0.29) is 31.8 Å². The predicted octanol–water partition coefficient (Wildman–Crippen LogP) is 6.96. The maximum absolute atomic E-state index is 12.3. The van der Waals surface area contributed by atoms with E-state index in [0.717, 1.165) is 6.42 Å². The molecule has 8 heteroatoms. The fourth-order valence-corrected chi connectivity index (χ4v) is 5.27. The molecule has 0 amide bonds. The molecule has 0 bridgehead atoms. The molecule has 0 aromatic carbocycles. The molecule has 36 heavy (non-hydrogen) atoms. The highest BCUT2D eigenvalue weighted by atomic mass is 31.2. The summed E-state index contributed by atoms with van der Waals surface area (Å²) in [6, 6.07) is 0. The summed E-state index contributed by atoms with van der Waals surface area (Å²) in [5.41, 5.74) is 0. The van der Waals surface area contributed by atoms with Gasteiger partial charge in [0.25, 0.3) is 0 Å². The Morgan fingerprint density at radius 1 is 0.833 bits per heavy atom. The average Bonchev–Trinajstić information content (AvgIpc) is 2.81. The standard InChI is InChI=1S/C28H58NO6P/c1-7-9-10-11-12-13-14-15-16-17-18-19-20-26(3)23-33-24-27(35-28(30)8-2)25-34-36(31,32)22-21-29(4,5)6/h26-27H,7-25H2,1-6H3/p+1. The van der Waals surface area contributed by atoms with E-state index in [1.165, 1.54) is 77.0 Å². The second-order valence-electron chi connectivity index (χ2n) is 11.5. The fraction of sp³-hybridized carbons (Fsp3) is 0.964. The van der Waals surface area contributed by atoms with Crippen molar-refractivity contribution in [2.24, 2.45) is 5.92 Å². The topological polar surface area (TPSA) is 82.1 Å². The molecule has 0 saturated carbocycles. The Kier molecular flexibility index (Phi) is 21.2. The van der Waals surface area contributed by atoms with Gasteiger partial charge >= 0.3 is 13.6 Å². The van der Waals surface area contributed by atoms with Crippen LogP contribution in [0.5, 0.6) is 0 Å². The lowest BCUT2D eigenvalue weighted by molar-refractivity contribution is -0.867. The van der Waals surface area contributed by atoms with Gasteiger partial charge < -0.3 is 23.4 Å². The second kappa shape index (κ2) is 21.5. The molecule has 0 heterocycles. The zero-order valence-corrected chi connectivity index (χ0v) is 25.4. The molecule has 0 saturated heterocycles. The largest absolute Gasteiger partial charge is 0.457 e. The van der Waals surface area contributed by atoms with E-state index in [2.05, 4.69) is 13.8 Å². The van der Waals surface area contributed by atoms with Gasteiger partial charge in [-0.25, -0.2) is 0 Å². The number of quaternary nitrogens is 1. The predicted molar refractivity (Wildman–Crippen MR) is 149 cm³/mol. The van der Waals surface area contributed by atoms with Gasteiger partial charge in [-0.1, -0.05) is 97.8 Å². The summed E-state index contributed by atoms with van der Waals surface area (Å²) < 4.78 is 29.4. The van der Waals surface area contributed by atoms with Crippen LogP contribution in [0.3, 0.4) is 0 Å². The molecule has 1 N–H and O–H groups in total. The Morgan fingerprint density at radius 2 is 1.36 bits per heavy atom. The maximum Gasteiger partial charge on any atom is 0.333 e. The third-order valence-electron chi connectivity index (χ3n) is 6.36. The van der Waals surface area contributed by atoms with Crippen molar-refractivity contribution in [3.05, 3.63) is 0 Å². The van der Waals surface area contributed by atoms with Crippen LogP contribution in [-0.2, 0) is 23.4 Å². The van der Waals surface area contributed by atoms with Crippen LogP contribution in [-0.4, -0.2) is 75.1 Å². The van der Waals surface area contributed by atoms with E-state index in [1.807, 2.05) is 21.1 Å². The Balaban J connectivity index is 4.02. The third-order valence-corrected chi connectivity index (χ3v) is 7.68. The van der Waals surface area contributed by atoms with Crippen LogP contribution in [0.1, 0.15) is 111 Å². The van der Waals surface area contributed by atoms with Gasteiger partial charge in [-0.15, -0.1) is 0 Å². The average molecular weight is 537 g/mol. The second-order valence-corrected chi connectivity index (χ2v) is 13.4. The van der Waals surface area contributed by atoms with Crippen LogP contribution in [0, 0.1) is 5.92 Å². The first kappa shape index (κ1) is 35.5. The molecule has 0 aromatic rings. The summed E-state index contributed by atoms with van der Waals surface area (Å²) in [4.78, 5) is 21.9. The number of ether oxygens (including phenoxy) is 2. The molecular formula is C28H59NO6P+. The Morgan fingerprint density at radius 3 is 1.86 bits per heavy atom. The van der Waals surface area contributed by atoms with Gasteiger partial charge in [-0.2, -0.15) is 0 Å². The van der Waals surface area contributed by atoms with Crippen LogP contribution in [0.25, 0.3) is 0 Å². The van der Waals surface area contributed by atoms with E-state index in [4.69, 9.17) is 14.0 Å². The minimum Gasteiger partial charge on any atom is -0.457 e. The van der Waals surface area contributed by atoms with E-state index in [0.29, 0.717) is 23.6 Å². The number of hydrogen-bond acceptors (Lipinski definition) is 5. The highest BCUT2D eigenvalue weighted by molar-refractivity contribution is 7.52. The number of carbonyl (C=O) groups excluding carboxylic acids is 1. The van der Waals surface area contributed by atoms with E-state index in [1.54, 1.807) is 6.92 Å². The number of unbranched alkanes of at least 4 members (excludes halogenated alkanes) is 11. The van der Waals surface area contributed by atoms with E-state index >= 15 is 0 Å². The van der Waals surface area contributed by atoms with Crippen LogP contribution >= 0.6 is 7.60 Å². The van der Waals surface area contributed by atoms with Crippen molar-refractivity contribution in [3.8, 4) is 0 Å². The number of hydrogen-bond donors (Lipinski definition) is 1. The van der Waals surface area contributed by atoms with Crippen molar-refractivity contribution >= 4 is 13.6 Å². The Bertz CT molecular complexity index is 581. The summed E-state index contributed by atoms with van der Waals surface area (Å²) >= 11 is 0. The van der Waals surface area contributed by atoms with Gasteiger partial charge in [0.15, 0.2) is 0 Å². The molecule has 0 aliphatic heterocycles. The molecule has 0 aliphatic carbocycles. The zero-order valence-electron chi connectivity index (χ0n) is 24.5. The number of carbonyl (C=O) groups is 1. The summed E-state index contributed by atoms with van der Waals surface area (Å²) in [5, 5.41) is 0. The number of nitrogens with zero attached hydrogens (tertiary/aromatic N) is 1. The van der Waals surface area contributed by atoms with Crippen molar-refractivity contribution in [2.45, 2.75) is 117 Å². The van der Waals surface area contributed by atoms with E-state index < -0.39 is 13.7 Å². The lowest BCUT2D eigenvalue weighted by atomic mass is 10.0. The highest BCUT2D eigenvalue weighted by Crippen LogP contribution is 2.41. The Labute approximate surface area is 222 Å². The first-order chi connectivity index (χ1) is 17.0. The van der Waals surface area contributed by atoms with Gasteiger partial charge in [0.1, 0.15) is 6.10 Å². The fourth-order valence-electron chi connectivity index (χ4n) is 3.89. The molecule has 0 rings (SSSR count). The molecule has 7 nitrogen and oxygen atoms in total. The van der Waals surface area contributed by atoms with Crippen LogP contribution < -0.4 is 0 Å². The monoisotopic (exact) mass is 536 g/mol. The molecule has 0 aromatic heterocycles. The first-order valence-electron chi connectivity index (χ1n) is 14.5.